The Kier molecular flexibility index (Phi) is 6.26. The van der Waals surface area contributed by atoms with Crippen molar-refractivity contribution >= 4 is 29.4 Å². The number of carbonyl (C=O) groups excluding carboxylic acids is 2. The molecule has 3 aromatic rings. The summed E-state index contributed by atoms with van der Waals surface area (Å²) in [5, 5.41) is 0. The number of aliphatic imine (C=N–C) groups is 1. The molecule has 0 radical (unpaired) electrons. The lowest BCUT2D eigenvalue weighted by molar-refractivity contribution is -0.129. The van der Waals surface area contributed by atoms with Gasteiger partial charge >= 0.3 is 5.97 Å². The van der Waals surface area contributed by atoms with Crippen LogP contribution in [0.3, 0.4) is 0 Å². The highest BCUT2D eigenvalue weighted by atomic mass is 16.6. The highest BCUT2D eigenvalue weighted by Crippen LogP contribution is 2.22. The molecule has 0 amide bonds. The fraction of sp³-hybridized carbons (Fsp3) is 0.148. The van der Waals surface area contributed by atoms with Gasteiger partial charge in [0, 0.05) is 35.5 Å². The van der Waals surface area contributed by atoms with Crippen molar-refractivity contribution in [3.8, 4) is 0 Å². The van der Waals surface area contributed by atoms with Gasteiger partial charge in [-0.2, -0.15) is 0 Å². The predicted molar refractivity (Wildman–Crippen MR) is 127 cm³/mol. The Morgan fingerprint density at radius 3 is 2.12 bits per heavy atom. The number of rotatable bonds is 7. The molecule has 0 aromatic heterocycles. The van der Waals surface area contributed by atoms with E-state index in [1.54, 1.807) is 42.5 Å². The van der Waals surface area contributed by atoms with Gasteiger partial charge in [-0.3, -0.25) is 4.79 Å². The van der Waals surface area contributed by atoms with Crippen LogP contribution in [0.25, 0.3) is 6.08 Å². The summed E-state index contributed by atoms with van der Waals surface area (Å²) in [7, 11) is 0. The van der Waals surface area contributed by atoms with Crippen LogP contribution in [0.5, 0.6) is 0 Å². The summed E-state index contributed by atoms with van der Waals surface area (Å²) in [6.07, 6.45) is 1.72. The lowest BCUT2D eigenvalue weighted by Gasteiger charge is -2.20. The van der Waals surface area contributed by atoms with E-state index in [1.165, 1.54) is 0 Å². The summed E-state index contributed by atoms with van der Waals surface area (Å²) >= 11 is 0. The van der Waals surface area contributed by atoms with Crippen LogP contribution in [0.1, 0.15) is 40.9 Å². The summed E-state index contributed by atoms with van der Waals surface area (Å²) < 4.78 is 5.36. The van der Waals surface area contributed by atoms with Crippen LogP contribution in [-0.2, 0) is 9.53 Å². The first-order valence-electron chi connectivity index (χ1n) is 10.7. The van der Waals surface area contributed by atoms with Crippen molar-refractivity contribution in [1.82, 2.24) is 0 Å². The molecule has 1 aliphatic heterocycles. The molecular formula is C27H24N2O3. The number of ether oxygens (including phenoxy) is 1. The van der Waals surface area contributed by atoms with Crippen LogP contribution in [0.15, 0.2) is 89.6 Å². The molecule has 5 heteroatoms. The molecule has 32 heavy (non-hydrogen) atoms. The standard InChI is InChI=1S/C27H24N2O3/c1-3-29(4-2)23-16-10-19(11-17-23)18-24-27(31)32-26(28-24)22-14-12-21(13-15-22)25(30)20-8-6-5-7-9-20/h5-18H,3-4H2,1-2H3/b24-18+. The quantitative estimate of drug-likeness (QED) is 0.300. The number of benzene rings is 3. The van der Waals surface area contributed by atoms with Crippen molar-refractivity contribution in [3.05, 3.63) is 107 Å². The smallest absolute Gasteiger partial charge is 0.363 e. The fourth-order valence-corrected chi connectivity index (χ4v) is 3.58. The lowest BCUT2D eigenvalue weighted by Crippen LogP contribution is -2.21. The normalized spacial score (nSPS) is 14.2. The second-order valence-corrected chi connectivity index (χ2v) is 7.37. The van der Waals surface area contributed by atoms with E-state index in [4.69, 9.17) is 4.74 Å². The minimum Gasteiger partial charge on any atom is -0.402 e. The number of nitrogens with zero attached hydrogens (tertiary/aromatic N) is 2. The van der Waals surface area contributed by atoms with E-state index in [-0.39, 0.29) is 17.4 Å². The van der Waals surface area contributed by atoms with Crippen molar-refractivity contribution < 1.29 is 14.3 Å². The molecule has 0 spiro atoms. The number of hydrogen-bond donors (Lipinski definition) is 0. The first kappa shape index (κ1) is 21.2. The highest BCUT2D eigenvalue weighted by Gasteiger charge is 2.24. The monoisotopic (exact) mass is 424 g/mol. The Morgan fingerprint density at radius 2 is 1.50 bits per heavy atom. The van der Waals surface area contributed by atoms with Crippen LogP contribution < -0.4 is 4.90 Å². The van der Waals surface area contributed by atoms with Crippen molar-refractivity contribution in [1.29, 1.82) is 0 Å². The van der Waals surface area contributed by atoms with Crippen molar-refractivity contribution in [2.75, 3.05) is 18.0 Å². The number of esters is 1. The first-order valence-corrected chi connectivity index (χ1v) is 10.7. The Morgan fingerprint density at radius 1 is 0.875 bits per heavy atom. The third kappa shape index (κ3) is 4.52. The van der Waals surface area contributed by atoms with E-state index in [1.807, 2.05) is 42.5 Å². The van der Waals surface area contributed by atoms with Crippen LogP contribution in [0.2, 0.25) is 0 Å². The molecule has 160 valence electrons. The molecule has 0 unspecified atom stereocenters. The molecule has 5 nitrogen and oxygen atoms in total. The molecule has 0 atom stereocenters. The van der Waals surface area contributed by atoms with Gasteiger partial charge in [0.2, 0.25) is 5.90 Å². The van der Waals surface area contributed by atoms with Crippen LogP contribution >= 0.6 is 0 Å². The Bertz CT molecular complexity index is 1170. The molecule has 0 saturated heterocycles. The van der Waals surface area contributed by atoms with Gasteiger partial charge in [-0.05, 0) is 49.8 Å². The van der Waals surface area contributed by atoms with Crippen molar-refractivity contribution in [2.45, 2.75) is 13.8 Å². The average molecular weight is 425 g/mol. The second-order valence-electron chi connectivity index (χ2n) is 7.37. The largest absolute Gasteiger partial charge is 0.402 e. The van der Waals surface area contributed by atoms with Gasteiger partial charge in [0.05, 0.1) is 0 Å². The van der Waals surface area contributed by atoms with Crippen LogP contribution in [0.4, 0.5) is 5.69 Å². The molecule has 0 aliphatic carbocycles. The average Bonchev–Trinajstić information content (AvgIpc) is 3.21. The Labute approximate surface area is 187 Å². The maximum Gasteiger partial charge on any atom is 0.363 e. The number of cyclic esters (lactones) is 1. The zero-order valence-electron chi connectivity index (χ0n) is 18.1. The van der Waals surface area contributed by atoms with E-state index in [9.17, 15) is 9.59 Å². The number of hydrogen-bond acceptors (Lipinski definition) is 5. The lowest BCUT2D eigenvalue weighted by atomic mass is 10.0. The van der Waals surface area contributed by atoms with Gasteiger partial charge < -0.3 is 9.64 Å². The van der Waals surface area contributed by atoms with E-state index < -0.39 is 5.97 Å². The number of carbonyl (C=O) groups is 2. The third-order valence-electron chi connectivity index (χ3n) is 5.38. The van der Waals surface area contributed by atoms with Gasteiger partial charge in [0.25, 0.3) is 0 Å². The van der Waals surface area contributed by atoms with Gasteiger partial charge in [0.15, 0.2) is 11.5 Å². The predicted octanol–water partition coefficient (Wildman–Crippen LogP) is 5.11. The topological polar surface area (TPSA) is 59.0 Å². The minimum atomic E-state index is -0.489. The summed E-state index contributed by atoms with van der Waals surface area (Å²) in [6.45, 7) is 6.11. The summed E-state index contributed by atoms with van der Waals surface area (Å²) in [4.78, 5) is 31.5. The number of anilines is 1. The van der Waals surface area contributed by atoms with Gasteiger partial charge in [0.1, 0.15) is 0 Å². The molecule has 0 saturated carbocycles. The molecule has 4 rings (SSSR count). The van der Waals surface area contributed by atoms with Crippen molar-refractivity contribution in [2.24, 2.45) is 4.99 Å². The minimum absolute atomic E-state index is 0.0590. The summed E-state index contributed by atoms with van der Waals surface area (Å²) in [5.41, 5.74) is 4.10. The first-order chi connectivity index (χ1) is 15.6. The zero-order chi connectivity index (χ0) is 22.5. The third-order valence-corrected chi connectivity index (χ3v) is 5.38. The molecule has 3 aromatic carbocycles. The van der Waals surface area contributed by atoms with E-state index >= 15 is 0 Å². The zero-order valence-corrected chi connectivity index (χ0v) is 18.1. The molecule has 0 N–H and O–H groups in total. The molecule has 1 aliphatic rings. The second kappa shape index (κ2) is 9.43. The van der Waals surface area contributed by atoms with E-state index in [0.29, 0.717) is 16.7 Å². The van der Waals surface area contributed by atoms with E-state index in [2.05, 4.69) is 23.7 Å². The maximum atomic E-state index is 12.6. The maximum absolute atomic E-state index is 12.6. The van der Waals surface area contributed by atoms with Crippen LogP contribution in [0, 0.1) is 0 Å². The summed E-state index contributed by atoms with van der Waals surface area (Å²) in [5.74, 6) is -0.312. The van der Waals surface area contributed by atoms with E-state index in [0.717, 1.165) is 24.3 Å². The SMILES string of the molecule is CCN(CC)c1ccc(/C=C2/N=C(c3ccc(C(=O)c4ccccc4)cc3)OC2=O)cc1. The summed E-state index contributed by atoms with van der Waals surface area (Å²) in [6, 6.07) is 24.0. The molecular weight excluding hydrogens is 400 g/mol. The number of ketones is 1. The van der Waals surface area contributed by atoms with Crippen molar-refractivity contribution in [3.63, 3.8) is 0 Å². The van der Waals surface area contributed by atoms with Crippen LogP contribution in [-0.4, -0.2) is 30.7 Å². The molecule has 0 bridgehead atoms. The molecule has 1 heterocycles. The van der Waals surface area contributed by atoms with Gasteiger partial charge in [-0.1, -0.05) is 54.6 Å². The van der Waals surface area contributed by atoms with Gasteiger partial charge in [-0.25, -0.2) is 9.79 Å². The Balaban J connectivity index is 1.52. The van der Waals surface area contributed by atoms with Gasteiger partial charge in [-0.15, -0.1) is 0 Å². The molecule has 0 fully saturated rings. The fourth-order valence-electron chi connectivity index (χ4n) is 3.58. The highest BCUT2D eigenvalue weighted by molar-refractivity contribution is 6.13. The Hall–Kier alpha value is -3.99.